The fraction of sp³-hybridized carbons (Fsp3) is 0.643. The van der Waals surface area contributed by atoms with Crippen LogP contribution in [0, 0.1) is 0 Å². The molecule has 1 aliphatic heterocycles. The molecule has 2 rings (SSSR count). The van der Waals surface area contributed by atoms with Gasteiger partial charge in [-0.15, -0.1) is 0 Å². The van der Waals surface area contributed by atoms with Gasteiger partial charge in [-0.3, -0.25) is 14.7 Å². The van der Waals surface area contributed by atoms with Crippen LogP contribution in [0.15, 0.2) is 6.20 Å². The number of likely N-dealkylation sites (tertiary alicyclic amines) is 1. The second kappa shape index (κ2) is 7.11. The van der Waals surface area contributed by atoms with Crippen LogP contribution in [-0.4, -0.2) is 59.8 Å². The predicted molar refractivity (Wildman–Crippen MR) is 81.8 cm³/mol. The molecular formula is C14H21ClN4O3. The molecule has 122 valence electrons. The van der Waals surface area contributed by atoms with E-state index in [1.165, 1.54) is 6.20 Å². The molecule has 7 nitrogen and oxygen atoms in total. The van der Waals surface area contributed by atoms with Crippen molar-refractivity contribution in [2.75, 3.05) is 27.2 Å². The van der Waals surface area contributed by atoms with E-state index >= 15 is 0 Å². The lowest BCUT2D eigenvalue weighted by Crippen LogP contribution is -2.51. The summed E-state index contributed by atoms with van der Waals surface area (Å²) in [6, 6.07) is 0. The van der Waals surface area contributed by atoms with Gasteiger partial charge in [-0.25, -0.2) is 0 Å². The summed E-state index contributed by atoms with van der Waals surface area (Å²) in [5, 5.41) is 9.32. The molecule has 1 fully saturated rings. The molecule has 0 bridgehead atoms. The second-order valence-electron chi connectivity index (χ2n) is 5.48. The predicted octanol–water partition coefficient (Wildman–Crippen LogP) is 1.21. The number of rotatable bonds is 5. The Bertz CT molecular complexity index is 548. The number of amides is 2. The third-order valence-electron chi connectivity index (χ3n) is 4.15. The van der Waals surface area contributed by atoms with E-state index in [0.29, 0.717) is 36.6 Å². The molecule has 0 spiro atoms. The molecule has 1 aliphatic rings. The summed E-state index contributed by atoms with van der Waals surface area (Å²) < 4.78 is 5.67. The number of hydrogen-bond donors (Lipinski definition) is 2. The van der Waals surface area contributed by atoms with Gasteiger partial charge < -0.3 is 15.0 Å². The standard InChI is InChI=1S/C14H21ClN4O3/c1-16-11(20)4-6-14(22-2)5-3-7-19(9-14)13(21)12-10(15)8-17-18-12/h8H,3-7,9H2,1-2H3,(H,16,20)(H,17,18)/t14-/m0/s1. The Hall–Kier alpha value is -1.60. The molecule has 0 aliphatic carbocycles. The number of H-pyrrole nitrogens is 1. The first-order valence-electron chi connectivity index (χ1n) is 7.25. The third-order valence-corrected chi connectivity index (χ3v) is 4.44. The molecule has 1 aromatic heterocycles. The Morgan fingerprint density at radius 1 is 1.59 bits per heavy atom. The highest BCUT2D eigenvalue weighted by Gasteiger charge is 2.38. The van der Waals surface area contributed by atoms with E-state index in [1.54, 1.807) is 19.1 Å². The minimum atomic E-state index is -0.493. The van der Waals surface area contributed by atoms with E-state index in [9.17, 15) is 9.59 Å². The zero-order valence-electron chi connectivity index (χ0n) is 12.8. The maximum Gasteiger partial charge on any atom is 0.273 e. The number of methoxy groups -OCH3 is 1. The minimum absolute atomic E-state index is 0.0310. The fourth-order valence-corrected chi connectivity index (χ4v) is 2.96. The number of nitrogens with zero attached hydrogens (tertiary/aromatic N) is 2. The molecule has 0 aromatic carbocycles. The zero-order chi connectivity index (χ0) is 16.2. The van der Waals surface area contributed by atoms with E-state index in [-0.39, 0.29) is 11.8 Å². The first-order valence-corrected chi connectivity index (χ1v) is 7.63. The van der Waals surface area contributed by atoms with Crippen molar-refractivity contribution in [2.45, 2.75) is 31.3 Å². The number of carbonyl (C=O) groups excluding carboxylic acids is 2. The Morgan fingerprint density at radius 2 is 2.36 bits per heavy atom. The fourth-order valence-electron chi connectivity index (χ4n) is 2.79. The molecule has 2 heterocycles. The molecule has 1 aromatic rings. The van der Waals surface area contributed by atoms with Gasteiger partial charge in [0.15, 0.2) is 0 Å². The topological polar surface area (TPSA) is 87.3 Å². The molecule has 2 amide bonds. The third kappa shape index (κ3) is 3.59. The summed E-state index contributed by atoms with van der Waals surface area (Å²) in [6.07, 6.45) is 3.99. The zero-order valence-corrected chi connectivity index (χ0v) is 13.6. The quantitative estimate of drug-likeness (QED) is 0.850. The number of hydrogen-bond acceptors (Lipinski definition) is 4. The second-order valence-corrected chi connectivity index (χ2v) is 5.89. The Labute approximate surface area is 134 Å². The summed E-state index contributed by atoms with van der Waals surface area (Å²) in [5.74, 6) is -0.222. The lowest BCUT2D eigenvalue weighted by molar-refractivity contribution is -0.123. The van der Waals surface area contributed by atoms with Crippen LogP contribution in [0.2, 0.25) is 5.02 Å². The van der Waals surface area contributed by atoms with E-state index < -0.39 is 5.60 Å². The number of aromatic amines is 1. The molecule has 2 N–H and O–H groups in total. The number of ether oxygens (including phenoxy) is 1. The van der Waals surface area contributed by atoms with Gasteiger partial charge in [-0.1, -0.05) is 11.6 Å². The van der Waals surface area contributed by atoms with Crippen molar-refractivity contribution in [2.24, 2.45) is 0 Å². The van der Waals surface area contributed by atoms with Crippen molar-refractivity contribution >= 4 is 23.4 Å². The lowest BCUT2D eigenvalue weighted by atomic mass is 9.87. The smallest absolute Gasteiger partial charge is 0.273 e. The van der Waals surface area contributed by atoms with E-state index in [4.69, 9.17) is 16.3 Å². The van der Waals surface area contributed by atoms with Crippen LogP contribution < -0.4 is 5.32 Å². The molecule has 1 saturated heterocycles. The molecule has 0 saturated carbocycles. The SMILES string of the molecule is CNC(=O)CC[C@@]1(OC)CCCN(C(=O)c2[nH]ncc2Cl)C1. The average Bonchev–Trinajstić information content (AvgIpc) is 2.98. The van der Waals surface area contributed by atoms with Crippen molar-refractivity contribution < 1.29 is 14.3 Å². The van der Waals surface area contributed by atoms with Crippen LogP contribution in [0.25, 0.3) is 0 Å². The van der Waals surface area contributed by atoms with Crippen molar-refractivity contribution in [1.82, 2.24) is 20.4 Å². The van der Waals surface area contributed by atoms with E-state index in [2.05, 4.69) is 15.5 Å². The van der Waals surface area contributed by atoms with Gasteiger partial charge in [0.05, 0.1) is 23.4 Å². The molecule has 0 radical (unpaired) electrons. The monoisotopic (exact) mass is 328 g/mol. The van der Waals surface area contributed by atoms with Gasteiger partial charge in [0.1, 0.15) is 5.69 Å². The summed E-state index contributed by atoms with van der Waals surface area (Å²) in [6.45, 7) is 1.08. The Morgan fingerprint density at radius 3 is 2.95 bits per heavy atom. The number of piperidine rings is 1. The number of halogens is 1. The van der Waals surface area contributed by atoms with Crippen LogP contribution in [0.5, 0.6) is 0 Å². The van der Waals surface area contributed by atoms with Crippen LogP contribution in [0.3, 0.4) is 0 Å². The average molecular weight is 329 g/mol. The van der Waals surface area contributed by atoms with Crippen LogP contribution >= 0.6 is 11.6 Å². The van der Waals surface area contributed by atoms with Crippen LogP contribution in [-0.2, 0) is 9.53 Å². The molecule has 22 heavy (non-hydrogen) atoms. The summed E-state index contributed by atoms with van der Waals surface area (Å²) in [7, 11) is 3.24. The Kier molecular flexibility index (Phi) is 5.42. The van der Waals surface area contributed by atoms with Gasteiger partial charge in [0.25, 0.3) is 5.91 Å². The van der Waals surface area contributed by atoms with Gasteiger partial charge in [-0.2, -0.15) is 5.10 Å². The van der Waals surface area contributed by atoms with E-state index in [1.807, 2.05) is 0 Å². The summed E-state index contributed by atoms with van der Waals surface area (Å²) in [5.41, 5.74) is -0.202. The molecule has 0 unspecified atom stereocenters. The Balaban J connectivity index is 2.07. The van der Waals surface area contributed by atoms with Crippen molar-refractivity contribution in [3.63, 3.8) is 0 Å². The van der Waals surface area contributed by atoms with Gasteiger partial charge in [0.2, 0.25) is 5.91 Å². The van der Waals surface area contributed by atoms with Crippen molar-refractivity contribution in [1.29, 1.82) is 0 Å². The van der Waals surface area contributed by atoms with Gasteiger partial charge in [0, 0.05) is 27.1 Å². The van der Waals surface area contributed by atoms with Gasteiger partial charge >= 0.3 is 0 Å². The highest BCUT2D eigenvalue weighted by molar-refractivity contribution is 6.33. The van der Waals surface area contributed by atoms with Crippen LogP contribution in [0.4, 0.5) is 0 Å². The number of aromatic nitrogens is 2. The molecule has 8 heteroatoms. The highest BCUT2D eigenvalue weighted by atomic mass is 35.5. The first kappa shape index (κ1) is 16.8. The van der Waals surface area contributed by atoms with Crippen LogP contribution in [0.1, 0.15) is 36.2 Å². The highest BCUT2D eigenvalue weighted by Crippen LogP contribution is 2.30. The normalized spacial score (nSPS) is 21.7. The van der Waals surface area contributed by atoms with E-state index in [0.717, 1.165) is 12.8 Å². The first-order chi connectivity index (χ1) is 10.5. The van der Waals surface area contributed by atoms with Gasteiger partial charge in [-0.05, 0) is 19.3 Å². The maximum atomic E-state index is 12.5. The van der Waals surface area contributed by atoms with Crippen molar-refractivity contribution in [3.8, 4) is 0 Å². The minimum Gasteiger partial charge on any atom is -0.376 e. The maximum absolute atomic E-state index is 12.5. The van der Waals surface area contributed by atoms with Crippen molar-refractivity contribution in [3.05, 3.63) is 16.9 Å². The largest absolute Gasteiger partial charge is 0.376 e. The molecule has 1 atom stereocenters. The summed E-state index contributed by atoms with van der Waals surface area (Å²) >= 11 is 5.95. The summed E-state index contributed by atoms with van der Waals surface area (Å²) in [4.78, 5) is 25.7. The molecular weight excluding hydrogens is 308 g/mol. The number of carbonyl (C=O) groups is 2. The lowest BCUT2D eigenvalue weighted by Gasteiger charge is -2.41. The number of nitrogens with one attached hydrogen (secondary N) is 2.